The molecule has 0 unspecified atom stereocenters. The molecule has 7 heteroatoms. The van der Waals surface area contributed by atoms with Crippen molar-refractivity contribution >= 4 is 0 Å². The Bertz CT molecular complexity index is 719. The molecule has 2 aliphatic heterocycles. The summed E-state index contributed by atoms with van der Waals surface area (Å²) in [5, 5.41) is 9.15. The van der Waals surface area contributed by atoms with Gasteiger partial charge >= 0.3 is 0 Å². The summed E-state index contributed by atoms with van der Waals surface area (Å²) in [7, 11) is 4.23. The molecule has 0 aliphatic carbocycles. The van der Waals surface area contributed by atoms with Crippen LogP contribution in [0.4, 0.5) is 0 Å². The van der Waals surface area contributed by atoms with E-state index < -0.39 is 0 Å². The fourth-order valence-electron chi connectivity index (χ4n) is 4.46. The lowest BCUT2D eigenvalue weighted by Gasteiger charge is -2.31. The van der Waals surface area contributed by atoms with Gasteiger partial charge in [-0.2, -0.15) is 0 Å². The second kappa shape index (κ2) is 8.52. The van der Waals surface area contributed by atoms with Crippen LogP contribution in [0.2, 0.25) is 0 Å². The fraction of sp³-hybridized carbons (Fsp3) is 0.750. The summed E-state index contributed by atoms with van der Waals surface area (Å²) in [5.41, 5.74) is 0. The maximum atomic E-state index is 4.59. The van der Waals surface area contributed by atoms with Crippen LogP contribution in [0.3, 0.4) is 0 Å². The topological polar surface area (TPSA) is 55.0 Å². The summed E-state index contributed by atoms with van der Waals surface area (Å²) < 4.78 is 4.38. The van der Waals surface area contributed by atoms with Crippen molar-refractivity contribution in [3.63, 3.8) is 0 Å². The minimum Gasteiger partial charge on any atom is -0.337 e. The van der Waals surface area contributed by atoms with Gasteiger partial charge in [-0.25, -0.2) is 4.98 Å². The van der Waals surface area contributed by atoms with E-state index in [1.54, 1.807) is 0 Å². The van der Waals surface area contributed by atoms with E-state index in [4.69, 9.17) is 0 Å². The first-order chi connectivity index (χ1) is 13.2. The first kappa shape index (κ1) is 18.6. The SMILES string of the molecule is Cn1ccnc1CN1CCC(c2nnc(CN3CCCCCC3)n2C)CC1. The third-order valence-corrected chi connectivity index (χ3v) is 6.30. The molecule has 7 nitrogen and oxygen atoms in total. The molecule has 0 atom stereocenters. The van der Waals surface area contributed by atoms with E-state index >= 15 is 0 Å². The standard InChI is InChI=1S/C20H33N7/c1-24-14-9-21-18(24)15-27-12-7-17(8-13-27)20-23-22-19(25(20)2)16-26-10-5-3-4-6-11-26/h9,14,17H,3-8,10-13,15-16H2,1-2H3. The molecule has 27 heavy (non-hydrogen) atoms. The zero-order valence-corrected chi connectivity index (χ0v) is 16.8. The van der Waals surface area contributed by atoms with Gasteiger partial charge in [0.2, 0.25) is 0 Å². The van der Waals surface area contributed by atoms with Crippen LogP contribution in [0.25, 0.3) is 0 Å². The lowest BCUT2D eigenvalue weighted by Crippen LogP contribution is -2.34. The Kier molecular flexibility index (Phi) is 5.88. The predicted molar refractivity (Wildman–Crippen MR) is 105 cm³/mol. The van der Waals surface area contributed by atoms with Gasteiger partial charge in [-0.3, -0.25) is 9.80 Å². The Balaban J connectivity index is 1.33. The monoisotopic (exact) mass is 371 g/mol. The van der Waals surface area contributed by atoms with Gasteiger partial charge in [0.05, 0.1) is 13.1 Å². The van der Waals surface area contributed by atoms with E-state index in [0.717, 1.165) is 50.7 Å². The third-order valence-electron chi connectivity index (χ3n) is 6.30. The van der Waals surface area contributed by atoms with Gasteiger partial charge in [-0.15, -0.1) is 10.2 Å². The minimum atomic E-state index is 0.526. The molecule has 0 saturated carbocycles. The average Bonchev–Trinajstić information content (AvgIpc) is 3.13. The van der Waals surface area contributed by atoms with Crippen molar-refractivity contribution in [1.82, 2.24) is 34.1 Å². The van der Waals surface area contributed by atoms with Crippen molar-refractivity contribution in [2.45, 2.75) is 57.5 Å². The smallest absolute Gasteiger partial charge is 0.146 e. The van der Waals surface area contributed by atoms with Crippen LogP contribution >= 0.6 is 0 Å². The number of nitrogens with zero attached hydrogens (tertiary/aromatic N) is 7. The number of aryl methyl sites for hydroxylation is 1. The number of likely N-dealkylation sites (tertiary alicyclic amines) is 2. The molecule has 0 bridgehead atoms. The highest BCUT2D eigenvalue weighted by Crippen LogP contribution is 2.27. The zero-order chi connectivity index (χ0) is 18.6. The van der Waals surface area contributed by atoms with Crippen molar-refractivity contribution < 1.29 is 0 Å². The number of hydrogen-bond donors (Lipinski definition) is 0. The van der Waals surface area contributed by atoms with Crippen molar-refractivity contribution in [3.8, 4) is 0 Å². The van der Waals surface area contributed by atoms with Gasteiger partial charge in [0, 0.05) is 32.4 Å². The molecule has 2 aromatic heterocycles. The fourth-order valence-corrected chi connectivity index (χ4v) is 4.46. The van der Waals surface area contributed by atoms with Gasteiger partial charge < -0.3 is 9.13 Å². The van der Waals surface area contributed by atoms with Gasteiger partial charge in [0.1, 0.15) is 17.5 Å². The number of hydrogen-bond acceptors (Lipinski definition) is 5. The second-order valence-corrected chi connectivity index (χ2v) is 8.23. The summed E-state index contributed by atoms with van der Waals surface area (Å²) in [6, 6.07) is 0. The van der Waals surface area contributed by atoms with Crippen molar-refractivity contribution in [2.75, 3.05) is 26.2 Å². The normalized spacial score (nSPS) is 20.8. The molecule has 0 N–H and O–H groups in total. The number of aromatic nitrogens is 5. The lowest BCUT2D eigenvalue weighted by atomic mass is 9.96. The van der Waals surface area contributed by atoms with Crippen LogP contribution in [0, 0.1) is 0 Å². The molecule has 2 saturated heterocycles. The molecule has 2 aromatic rings. The molecule has 4 heterocycles. The Morgan fingerprint density at radius 2 is 1.52 bits per heavy atom. The lowest BCUT2D eigenvalue weighted by molar-refractivity contribution is 0.194. The highest BCUT2D eigenvalue weighted by Gasteiger charge is 2.26. The van der Waals surface area contributed by atoms with Crippen LogP contribution in [0.15, 0.2) is 12.4 Å². The molecule has 2 aliphatic rings. The van der Waals surface area contributed by atoms with Gasteiger partial charge in [-0.05, 0) is 51.9 Å². The molecular formula is C20H33N7. The first-order valence-electron chi connectivity index (χ1n) is 10.5. The third kappa shape index (κ3) is 4.41. The maximum absolute atomic E-state index is 4.59. The van der Waals surface area contributed by atoms with Crippen LogP contribution in [0.1, 0.15) is 61.9 Å². The molecule has 2 fully saturated rings. The summed E-state index contributed by atoms with van der Waals surface area (Å²) in [6.07, 6.45) is 11.6. The number of imidazole rings is 1. The Morgan fingerprint density at radius 3 is 2.19 bits per heavy atom. The van der Waals surface area contributed by atoms with Crippen molar-refractivity contribution in [1.29, 1.82) is 0 Å². The summed E-state index contributed by atoms with van der Waals surface area (Å²) >= 11 is 0. The van der Waals surface area contributed by atoms with Crippen molar-refractivity contribution in [2.24, 2.45) is 14.1 Å². The second-order valence-electron chi connectivity index (χ2n) is 8.23. The molecular weight excluding hydrogens is 338 g/mol. The average molecular weight is 372 g/mol. The van der Waals surface area contributed by atoms with Crippen molar-refractivity contribution in [3.05, 3.63) is 29.9 Å². The Morgan fingerprint density at radius 1 is 0.852 bits per heavy atom. The zero-order valence-electron chi connectivity index (χ0n) is 16.8. The van der Waals surface area contributed by atoms with Crippen LogP contribution in [-0.4, -0.2) is 60.3 Å². The largest absolute Gasteiger partial charge is 0.337 e. The van der Waals surface area contributed by atoms with Crippen LogP contribution in [-0.2, 0) is 27.2 Å². The molecule has 0 amide bonds. The van der Waals surface area contributed by atoms with Crippen LogP contribution < -0.4 is 0 Å². The number of rotatable bonds is 5. The Hall–Kier alpha value is -1.73. The number of piperidine rings is 1. The van der Waals surface area contributed by atoms with E-state index in [-0.39, 0.29) is 0 Å². The summed E-state index contributed by atoms with van der Waals surface area (Å²) in [6.45, 7) is 6.50. The van der Waals surface area contributed by atoms with E-state index in [0.29, 0.717) is 5.92 Å². The minimum absolute atomic E-state index is 0.526. The Labute approximate surface area is 162 Å². The highest BCUT2D eigenvalue weighted by molar-refractivity contribution is 5.04. The maximum Gasteiger partial charge on any atom is 0.146 e. The molecule has 4 rings (SSSR count). The molecule has 0 radical (unpaired) electrons. The first-order valence-corrected chi connectivity index (χ1v) is 10.5. The van der Waals surface area contributed by atoms with E-state index in [1.807, 2.05) is 12.4 Å². The van der Waals surface area contributed by atoms with Crippen LogP contribution in [0.5, 0.6) is 0 Å². The van der Waals surface area contributed by atoms with Gasteiger partial charge in [0.25, 0.3) is 0 Å². The van der Waals surface area contributed by atoms with Gasteiger partial charge in [0.15, 0.2) is 0 Å². The van der Waals surface area contributed by atoms with E-state index in [1.165, 1.54) is 44.6 Å². The van der Waals surface area contributed by atoms with E-state index in [9.17, 15) is 0 Å². The van der Waals surface area contributed by atoms with Gasteiger partial charge in [-0.1, -0.05) is 12.8 Å². The highest BCUT2D eigenvalue weighted by atomic mass is 15.3. The van der Waals surface area contributed by atoms with E-state index in [2.05, 4.69) is 48.2 Å². The summed E-state index contributed by atoms with van der Waals surface area (Å²) in [5.74, 6) is 3.98. The molecule has 0 aromatic carbocycles. The molecule has 148 valence electrons. The predicted octanol–water partition coefficient (Wildman–Crippen LogP) is 2.30. The summed E-state index contributed by atoms with van der Waals surface area (Å²) in [4.78, 5) is 9.52. The molecule has 0 spiro atoms. The quantitative estimate of drug-likeness (QED) is 0.807.